The van der Waals surface area contributed by atoms with Crippen LogP contribution in [-0.2, 0) is 9.59 Å². The van der Waals surface area contributed by atoms with Gasteiger partial charge in [0.25, 0.3) is 0 Å². The van der Waals surface area contributed by atoms with E-state index in [1.54, 1.807) is 14.1 Å². The topological polar surface area (TPSA) is 40.6 Å². The minimum absolute atomic E-state index is 0.112. The molecule has 0 aliphatic carbocycles. The van der Waals surface area contributed by atoms with Gasteiger partial charge < -0.3 is 0 Å². The van der Waals surface area contributed by atoms with E-state index in [9.17, 15) is 9.59 Å². The monoisotopic (exact) mass is 292 g/mol. The van der Waals surface area contributed by atoms with Gasteiger partial charge in [-0.1, -0.05) is 48.0 Å². The van der Waals surface area contributed by atoms with Gasteiger partial charge in [0.05, 0.1) is 0 Å². The number of thiocarbonyl (C=S) groups is 2. The maximum atomic E-state index is 11.9. The zero-order chi connectivity index (χ0) is 12.0. The minimum Gasteiger partial charge on any atom is -0.300 e. The third kappa shape index (κ3) is 1.77. The third-order valence-corrected chi connectivity index (χ3v) is 6.13. The van der Waals surface area contributed by atoms with Gasteiger partial charge in [-0.05, 0) is 0 Å². The molecule has 2 fully saturated rings. The van der Waals surface area contributed by atoms with Crippen molar-refractivity contribution < 1.29 is 9.59 Å². The molecule has 0 bridgehead atoms. The van der Waals surface area contributed by atoms with Crippen LogP contribution in [0.1, 0.15) is 0 Å². The molecule has 4 nitrogen and oxygen atoms in total. The highest BCUT2D eigenvalue weighted by Gasteiger charge is 2.48. The third-order valence-electron chi connectivity index (χ3n) is 2.43. The van der Waals surface area contributed by atoms with E-state index in [4.69, 9.17) is 24.4 Å². The lowest BCUT2D eigenvalue weighted by molar-refractivity contribution is -0.130. The zero-order valence-corrected chi connectivity index (χ0v) is 11.8. The largest absolute Gasteiger partial charge is 0.300 e. The summed E-state index contributed by atoms with van der Waals surface area (Å²) >= 11 is 12.6. The Bertz CT molecular complexity index is 373. The number of carbonyl (C=O) groups is 2. The van der Waals surface area contributed by atoms with E-state index >= 15 is 0 Å². The molecule has 0 radical (unpaired) electrons. The number of thioether (sulfide) groups is 2. The van der Waals surface area contributed by atoms with Crippen LogP contribution < -0.4 is 0 Å². The van der Waals surface area contributed by atoms with Gasteiger partial charge in [-0.2, -0.15) is 0 Å². The summed E-state index contributed by atoms with van der Waals surface area (Å²) in [6.07, 6.45) is 0. The summed E-state index contributed by atoms with van der Waals surface area (Å²) in [5, 5.41) is -0.865. The van der Waals surface area contributed by atoms with Gasteiger partial charge in [-0.25, -0.2) is 0 Å². The minimum atomic E-state index is -0.433. The molecule has 0 unspecified atom stereocenters. The second-order valence-electron chi connectivity index (χ2n) is 3.40. The average Bonchev–Trinajstić information content (AvgIpc) is 2.64. The summed E-state index contributed by atoms with van der Waals surface area (Å²) < 4.78 is 1.03. The van der Waals surface area contributed by atoms with Gasteiger partial charge in [0.15, 0.2) is 0 Å². The maximum absolute atomic E-state index is 11.9. The second-order valence-corrected chi connectivity index (χ2v) is 6.95. The number of hydrogen-bond acceptors (Lipinski definition) is 6. The van der Waals surface area contributed by atoms with Gasteiger partial charge in [0.2, 0.25) is 11.8 Å². The van der Waals surface area contributed by atoms with Crippen LogP contribution in [0.3, 0.4) is 0 Å². The fourth-order valence-corrected chi connectivity index (χ4v) is 4.48. The van der Waals surface area contributed by atoms with E-state index in [1.165, 1.54) is 33.3 Å². The predicted octanol–water partition coefficient (Wildman–Crippen LogP) is 0.704. The van der Waals surface area contributed by atoms with Crippen molar-refractivity contribution in [1.82, 2.24) is 9.80 Å². The molecular formula is C8H8N2O2S4. The Balaban J connectivity index is 2.22. The smallest absolute Gasteiger partial charge is 0.243 e. The van der Waals surface area contributed by atoms with Crippen molar-refractivity contribution in [2.24, 2.45) is 0 Å². The first kappa shape index (κ1) is 12.3. The Labute approximate surface area is 112 Å². The van der Waals surface area contributed by atoms with Crippen molar-refractivity contribution in [2.75, 3.05) is 14.1 Å². The molecule has 0 saturated carbocycles. The van der Waals surface area contributed by atoms with Crippen LogP contribution in [0.2, 0.25) is 0 Å². The van der Waals surface area contributed by atoms with E-state index in [-0.39, 0.29) is 11.8 Å². The number of rotatable bonds is 1. The van der Waals surface area contributed by atoms with E-state index in [1.807, 2.05) is 0 Å². The highest BCUT2D eigenvalue weighted by Crippen LogP contribution is 2.38. The Morgan fingerprint density at radius 2 is 1.25 bits per heavy atom. The average molecular weight is 292 g/mol. The number of carbonyl (C=O) groups excluding carboxylic acids is 2. The lowest BCUT2D eigenvalue weighted by Gasteiger charge is -2.12. The van der Waals surface area contributed by atoms with Crippen molar-refractivity contribution in [1.29, 1.82) is 0 Å². The molecule has 0 spiro atoms. The Hall–Kier alpha value is -0.180. The summed E-state index contributed by atoms with van der Waals surface area (Å²) in [4.78, 5) is 26.5. The molecule has 2 rings (SSSR count). The Kier molecular flexibility index (Phi) is 3.26. The molecule has 86 valence electrons. The molecule has 0 N–H and O–H groups in total. The SMILES string of the molecule is CN1C(=O)[C@@H]([C@H]2SC(=S)N(C)C2=O)SC1=S. The predicted molar refractivity (Wildman–Crippen MR) is 73.5 cm³/mol. The summed E-state index contributed by atoms with van der Waals surface area (Å²) in [7, 11) is 3.26. The lowest BCUT2D eigenvalue weighted by atomic mass is 10.2. The molecule has 2 heterocycles. The van der Waals surface area contributed by atoms with E-state index in [0.29, 0.717) is 8.64 Å². The first-order valence-corrected chi connectivity index (χ1v) is 6.97. The van der Waals surface area contributed by atoms with Crippen molar-refractivity contribution in [3.05, 3.63) is 0 Å². The van der Waals surface area contributed by atoms with E-state index in [2.05, 4.69) is 0 Å². The summed E-state index contributed by atoms with van der Waals surface area (Å²) in [5.41, 5.74) is 0. The van der Waals surface area contributed by atoms with Gasteiger partial charge in [-0.3, -0.25) is 19.4 Å². The number of nitrogens with zero attached hydrogens (tertiary/aromatic N) is 2. The zero-order valence-electron chi connectivity index (χ0n) is 8.50. The van der Waals surface area contributed by atoms with Crippen molar-refractivity contribution in [3.8, 4) is 0 Å². The van der Waals surface area contributed by atoms with Gasteiger partial charge in [0.1, 0.15) is 19.1 Å². The molecule has 16 heavy (non-hydrogen) atoms. The molecule has 0 aromatic rings. The Morgan fingerprint density at radius 1 is 0.938 bits per heavy atom. The molecule has 8 heteroatoms. The molecule has 2 saturated heterocycles. The molecule has 0 aromatic heterocycles. The highest BCUT2D eigenvalue weighted by molar-refractivity contribution is 8.27. The van der Waals surface area contributed by atoms with Crippen LogP contribution in [-0.4, -0.2) is 54.9 Å². The summed E-state index contributed by atoms with van der Waals surface area (Å²) in [6, 6.07) is 0. The van der Waals surface area contributed by atoms with Gasteiger partial charge >= 0.3 is 0 Å². The highest BCUT2D eigenvalue weighted by atomic mass is 32.2. The first-order chi connectivity index (χ1) is 7.43. The van der Waals surface area contributed by atoms with Crippen molar-refractivity contribution in [2.45, 2.75) is 10.5 Å². The van der Waals surface area contributed by atoms with Crippen molar-refractivity contribution >= 4 is 68.4 Å². The van der Waals surface area contributed by atoms with Crippen LogP contribution in [0, 0.1) is 0 Å². The van der Waals surface area contributed by atoms with E-state index < -0.39 is 10.5 Å². The summed E-state index contributed by atoms with van der Waals surface area (Å²) in [5.74, 6) is -0.224. The van der Waals surface area contributed by atoms with Gasteiger partial charge in [-0.15, -0.1) is 0 Å². The molecular weight excluding hydrogens is 284 g/mol. The van der Waals surface area contributed by atoms with Crippen LogP contribution in [0.25, 0.3) is 0 Å². The molecule has 2 amide bonds. The number of hydrogen-bond donors (Lipinski definition) is 0. The van der Waals surface area contributed by atoms with Crippen LogP contribution in [0.5, 0.6) is 0 Å². The first-order valence-electron chi connectivity index (χ1n) is 4.40. The second kappa shape index (κ2) is 4.25. The van der Waals surface area contributed by atoms with Crippen LogP contribution in [0.4, 0.5) is 0 Å². The fourth-order valence-electron chi connectivity index (χ4n) is 1.42. The molecule has 2 aliphatic heterocycles. The normalized spacial score (nSPS) is 30.9. The summed E-state index contributed by atoms with van der Waals surface area (Å²) in [6.45, 7) is 0. The van der Waals surface area contributed by atoms with Gasteiger partial charge in [0, 0.05) is 14.1 Å². The van der Waals surface area contributed by atoms with E-state index in [0.717, 1.165) is 0 Å². The quantitative estimate of drug-likeness (QED) is 0.663. The maximum Gasteiger partial charge on any atom is 0.243 e. The van der Waals surface area contributed by atoms with Crippen LogP contribution >= 0.6 is 48.0 Å². The van der Waals surface area contributed by atoms with Crippen molar-refractivity contribution in [3.63, 3.8) is 0 Å². The molecule has 2 atom stereocenters. The van der Waals surface area contributed by atoms with Crippen LogP contribution in [0.15, 0.2) is 0 Å². The number of amides is 2. The molecule has 2 aliphatic rings. The lowest BCUT2D eigenvalue weighted by Crippen LogP contribution is -2.38. The fraction of sp³-hybridized carbons (Fsp3) is 0.500. The molecule has 0 aromatic carbocycles. The standard InChI is InChI=1S/C8H8N2O2S4/c1-9-5(11)3(15-7(9)13)4-6(12)10(2)8(14)16-4/h3-4H,1-2H3/t3-,4-/m1/s1. The Morgan fingerprint density at radius 3 is 1.44 bits per heavy atom.